The van der Waals surface area contributed by atoms with Gasteiger partial charge in [-0.3, -0.25) is 4.79 Å². The van der Waals surface area contributed by atoms with Crippen molar-refractivity contribution in [3.05, 3.63) is 93.2 Å². The van der Waals surface area contributed by atoms with Gasteiger partial charge in [-0.15, -0.1) is 11.3 Å². The van der Waals surface area contributed by atoms with E-state index in [1.54, 1.807) is 11.3 Å². The normalized spacial score (nSPS) is 15.7. The van der Waals surface area contributed by atoms with Crippen molar-refractivity contribution in [2.24, 2.45) is 5.73 Å². The van der Waals surface area contributed by atoms with Gasteiger partial charge in [-0.1, -0.05) is 42.5 Å². The predicted octanol–water partition coefficient (Wildman–Crippen LogP) is 3.70. The number of benzene rings is 2. The zero-order valence-electron chi connectivity index (χ0n) is 15.3. The molecule has 3 N–H and O–H groups in total. The molecule has 4 rings (SSSR count). The van der Waals surface area contributed by atoms with Gasteiger partial charge in [0.05, 0.1) is 6.04 Å². The summed E-state index contributed by atoms with van der Waals surface area (Å²) in [6.45, 7) is 1.04. The maximum Gasteiger partial charge on any atom is 0.312 e. The van der Waals surface area contributed by atoms with E-state index in [9.17, 15) is 9.59 Å². The predicted molar refractivity (Wildman–Crippen MR) is 110 cm³/mol. The molecule has 6 heteroatoms. The number of thiophene rings is 1. The van der Waals surface area contributed by atoms with E-state index in [0.29, 0.717) is 18.7 Å². The van der Waals surface area contributed by atoms with E-state index in [4.69, 9.17) is 5.73 Å². The second-order valence-corrected chi connectivity index (χ2v) is 7.78. The first kappa shape index (κ1) is 18.3. The van der Waals surface area contributed by atoms with Gasteiger partial charge in [0, 0.05) is 23.5 Å². The first-order chi connectivity index (χ1) is 13.6. The van der Waals surface area contributed by atoms with Crippen LogP contribution in [0.2, 0.25) is 0 Å². The van der Waals surface area contributed by atoms with Gasteiger partial charge in [-0.2, -0.15) is 0 Å². The molecular weight excluding hydrogens is 370 g/mol. The SMILES string of the molecule is NC(=O)NCc1ccc(C(=O)N2CCc3sccc3C2c2ccccc2)cc1. The third-order valence-corrected chi connectivity index (χ3v) is 6.01. The molecule has 0 saturated heterocycles. The summed E-state index contributed by atoms with van der Waals surface area (Å²) in [6.07, 6.45) is 0.878. The van der Waals surface area contributed by atoms with Crippen LogP contribution >= 0.6 is 11.3 Å². The molecule has 1 aliphatic rings. The number of carbonyl (C=O) groups is 2. The van der Waals surface area contributed by atoms with E-state index < -0.39 is 6.03 Å². The molecule has 0 spiro atoms. The van der Waals surface area contributed by atoms with Crippen LogP contribution in [0.5, 0.6) is 0 Å². The monoisotopic (exact) mass is 391 g/mol. The fourth-order valence-electron chi connectivity index (χ4n) is 3.65. The van der Waals surface area contributed by atoms with Crippen LogP contribution in [0.25, 0.3) is 0 Å². The van der Waals surface area contributed by atoms with Crippen LogP contribution in [0.1, 0.15) is 38.0 Å². The Morgan fingerprint density at radius 1 is 1.07 bits per heavy atom. The lowest BCUT2D eigenvalue weighted by molar-refractivity contribution is 0.0696. The smallest absolute Gasteiger partial charge is 0.312 e. The molecule has 0 bridgehead atoms. The third-order valence-electron chi connectivity index (χ3n) is 5.01. The number of fused-ring (bicyclic) bond motifs is 1. The van der Waals surface area contributed by atoms with Crippen LogP contribution in [0.3, 0.4) is 0 Å². The van der Waals surface area contributed by atoms with Crippen LogP contribution in [0.4, 0.5) is 4.79 Å². The van der Waals surface area contributed by atoms with Crippen molar-refractivity contribution in [1.82, 2.24) is 10.2 Å². The van der Waals surface area contributed by atoms with Crippen LogP contribution in [-0.4, -0.2) is 23.4 Å². The molecule has 0 saturated carbocycles. The van der Waals surface area contributed by atoms with Crippen molar-refractivity contribution in [1.29, 1.82) is 0 Å². The van der Waals surface area contributed by atoms with Crippen molar-refractivity contribution in [2.45, 2.75) is 19.0 Å². The van der Waals surface area contributed by atoms with Crippen molar-refractivity contribution < 1.29 is 9.59 Å². The minimum Gasteiger partial charge on any atom is -0.352 e. The average molecular weight is 391 g/mol. The van der Waals surface area contributed by atoms with Crippen LogP contribution in [-0.2, 0) is 13.0 Å². The second-order valence-electron chi connectivity index (χ2n) is 6.78. The molecule has 1 unspecified atom stereocenters. The number of rotatable bonds is 4. The fourth-order valence-corrected chi connectivity index (χ4v) is 4.55. The van der Waals surface area contributed by atoms with E-state index in [2.05, 4.69) is 28.9 Å². The highest BCUT2D eigenvalue weighted by Gasteiger charge is 2.33. The number of nitrogens with one attached hydrogen (secondary N) is 1. The molecule has 3 aromatic rings. The topological polar surface area (TPSA) is 75.4 Å². The van der Waals surface area contributed by atoms with E-state index in [0.717, 1.165) is 17.5 Å². The number of carbonyl (C=O) groups excluding carboxylic acids is 2. The molecule has 1 aromatic heterocycles. The van der Waals surface area contributed by atoms with Gasteiger partial charge in [-0.05, 0) is 46.7 Å². The van der Waals surface area contributed by atoms with E-state index in [1.165, 1.54) is 10.4 Å². The zero-order valence-corrected chi connectivity index (χ0v) is 16.1. The minimum absolute atomic E-state index is 0.0140. The summed E-state index contributed by atoms with van der Waals surface area (Å²) in [4.78, 5) is 27.5. The minimum atomic E-state index is -0.564. The Morgan fingerprint density at radius 2 is 1.82 bits per heavy atom. The van der Waals surface area contributed by atoms with Gasteiger partial charge < -0.3 is 16.0 Å². The molecule has 5 nitrogen and oxygen atoms in total. The van der Waals surface area contributed by atoms with Crippen molar-refractivity contribution in [3.8, 4) is 0 Å². The fraction of sp³-hybridized carbons (Fsp3) is 0.182. The summed E-state index contributed by atoms with van der Waals surface area (Å²) in [5.74, 6) is 0.0140. The lowest BCUT2D eigenvalue weighted by atomic mass is 9.92. The zero-order chi connectivity index (χ0) is 19.5. The average Bonchev–Trinajstić information content (AvgIpc) is 3.21. The van der Waals surface area contributed by atoms with E-state index in [1.807, 2.05) is 47.4 Å². The first-order valence-corrected chi connectivity index (χ1v) is 10.1. The lowest BCUT2D eigenvalue weighted by Gasteiger charge is -2.36. The van der Waals surface area contributed by atoms with Gasteiger partial charge in [-0.25, -0.2) is 4.79 Å². The lowest BCUT2D eigenvalue weighted by Crippen LogP contribution is -2.40. The number of nitrogens with two attached hydrogens (primary N) is 1. The van der Waals surface area contributed by atoms with E-state index >= 15 is 0 Å². The van der Waals surface area contributed by atoms with Crippen molar-refractivity contribution >= 4 is 23.3 Å². The Balaban J connectivity index is 1.62. The summed E-state index contributed by atoms with van der Waals surface area (Å²) in [5.41, 5.74) is 8.99. The molecule has 0 fully saturated rings. The molecule has 1 aliphatic heterocycles. The quantitative estimate of drug-likeness (QED) is 0.711. The Bertz CT molecular complexity index is 983. The standard InChI is InChI=1S/C22H21N3O2S/c23-22(27)24-14-15-6-8-17(9-7-15)21(26)25-12-10-19-18(11-13-28-19)20(25)16-4-2-1-3-5-16/h1-9,11,13,20H,10,12,14H2,(H3,23,24,27). The number of amides is 3. The number of nitrogens with zero attached hydrogens (tertiary/aromatic N) is 1. The summed E-state index contributed by atoms with van der Waals surface area (Å²) < 4.78 is 0. The van der Waals surface area contributed by atoms with Crippen molar-refractivity contribution in [2.75, 3.05) is 6.54 Å². The third kappa shape index (κ3) is 3.64. The largest absolute Gasteiger partial charge is 0.352 e. The number of hydrogen-bond acceptors (Lipinski definition) is 3. The van der Waals surface area contributed by atoms with Crippen LogP contribution in [0.15, 0.2) is 66.0 Å². The number of primary amides is 1. The van der Waals surface area contributed by atoms with Gasteiger partial charge in [0.25, 0.3) is 5.91 Å². The van der Waals surface area contributed by atoms with Crippen LogP contribution in [0, 0.1) is 0 Å². The first-order valence-electron chi connectivity index (χ1n) is 9.18. The van der Waals surface area contributed by atoms with Gasteiger partial charge >= 0.3 is 6.03 Å². The molecular formula is C22H21N3O2S. The van der Waals surface area contributed by atoms with Gasteiger partial charge in [0.1, 0.15) is 0 Å². The Kier molecular flexibility index (Phi) is 5.12. The van der Waals surface area contributed by atoms with Gasteiger partial charge in [0.2, 0.25) is 0 Å². The Hall–Kier alpha value is -3.12. The number of urea groups is 1. The maximum absolute atomic E-state index is 13.3. The molecule has 142 valence electrons. The molecule has 2 aromatic carbocycles. The molecule has 3 amide bonds. The Morgan fingerprint density at radius 3 is 2.54 bits per heavy atom. The van der Waals surface area contributed by atoms with E-state index in [-0.39, 0.29) is 11.9 Å². The maximum atomic E-state index is 13.3. The molecule has 0 radical (unpaired) electrons. The van der Waals surface area contributed by atoms with Gasteiger partial charge in [0.15, 0.2) is 0 Å². The summed E-state index contributed by atoms with van der Waals surface area (Å²) in [7, 11) is 0. The molecule has 1 atom stereocenters. The highest BCUT2D eigenvalue weighted by Crippen LogP contribution is 2.38. The van der Waals surface area contributed by atoms with Crippen LogP contribution < -0.4 is 11.1 Å². The van der Waals surface area contributed by atoms with Crippen molar-refractivity contribution in [3.63, 3.8) is 0 Å². The molecule has 0 aliphatic carbocycles. The second kappa shape index (κ2) is 7.86. The molecule has 2 heterocycles. The Labute approximate surface area is 167 Å². The summed E-state index contributed by atoms with van der Waals surface area (Å²) in [6, 6.07) is 19.0. The molecule has 28 heavy (non-hydrogen) atoms. The number of hydrogen-bond donors (Lipinski definition) is 2. The highest BCUT2D eigenvalue weighted by molar-refractivity contribution is 7.10. The summed E-state index contributed by atoms with van der Waals surface area (Å²) in [5, 5.41) is 4.66. The summed E-state index contributed by atoms with van der Waals surface area (Å²) >= 11 is 1.76. The highest BCUT2D eigenvalue weighted by atomic mass is 32.1.